The summed E-state index contributed by atoms with van der Waals surface area (Å²) in [6.07, 6.45) is 6.45. The van der Waals surface area contributed by atoms with E-state index in [1.54, 1.807) is 6.07 Å². The molecular weight excluding hydrogens is 380 g/mol. The Balaban J connectivity index is 1.81. The summed E-state index contributed by atoms with van der Waals surface area (Å²) >= 11 is 6.29. The third-order valence-corrected chi connectivity index (χ3v) is 5.97. The van der Waals surface area contributed by atoms with Crippen molar-refractivity contribution >= 4 is 34.4 Å². The first-order valence-corrected chi connectivity index (χ1v) is 10.0. The highest BCUT2D eigenvalue weighted by molar-refractivity contribution is 6.36. The largest absolute Gasteiger partial charge is 0.388 e. The van der Waals surface area contributed by atoms with E-state index in [0.29, 0.717) is 46.3 Å². The second kappa shape index (κ2) is 8.09. The predicted octanol–water partition coefficient (Wildman–Crippen LogP) is 2.48. The van der Waals surface area contributed by atoms with E-state index in [4.69, 9.17) is 17.3 Å². The summed E-state index contributed by atoms with van der Waals surface area (Å²) in [6.45, 7) is 4.40. The Kier molecular flexibility index (Phi) is 5.95. The average Bonchev–Trinajstić information content (AvgIpc) is 2.99. The summed E-state index contributed by atoms with van der Waals surface area (Å²) in [5, 5.41) is 14.6. The van der Waals surface area contributed by atoms with Crippen LogP contribution in [-0.4, -0.2) is 38.6 Å². The second-order valence-corrected chi connectivity index (χ2v) is 8.54. The average molecular weight is 407 g/mol. The number of hydrogen-bond donors (Lipinski definition) is 3. The molecule has 7 nitrogen and oxygen atoms in total. The minimum absolute atomic E-state index is 0.100. The molecule has 2 amide bonds. The first kappa shape index (κ1) is 20.6. The highest BCUT2D eigenvalue weighted by Crippen LogP contribution is 2.36. The fourth-order valence-electron chi connectivity index (χ4n) is 4.09. The van der Waals surface area contributed by atoms with Crippen molar-refractivity contribution in [3.05, 3.63) is 29.0 Å². The van der Waals surface area contributed by atoms with Crippen LogP contribution in [0.3, 0.4) is 0 Å². The molecule has 2 aromatic heterocycles. The fourth-order valence-corrected chi connectivity index (χ4v) is 4.33. The molecule has 1 saturated carbocycles. The number of halogens is 1. The van der Waals surface area contributed by atoms with E-state index in [0.717, 1.165) is 12.8 Å². The molecule has 3 rings (SSSR count). The van der Waals surface area contributed by atoms with E-state index >= 15 is 0 Å². The highest BCUT2D eigenvalue weighted by atomic mass is 35.5. The van der Waals surface area contributed by atoms with Crippen molar-refractivity contribution in [2.45, 2.75) is 51.7 Å². The lowest BCUT2D eigenvalue weighted by Gasteiger charge is -2.38. The molecule has 2 heterocycles. The van der Waals surface area contributed by atoms with Gasteiger partial charge < -0.3 is 20.7 Å². The van der Waals surface area contributed by atoms with E-state index in [9.17, 15) is 14.7 Å². The quantitative estimate of drug-likeness (QED) is 0.684. The van der Waals surface area contributed by atoms with Crippen LogP contribution in [0.1, 0.15) is 49.9 Å². The molecule has 0 unspecified atom stereocenters. The van der Waals surface area contributed by atoms with Crippen molar-refractivity contribution in [1.82, 2.24) is 14.9 Å². The van der Waals surface area contributed by atoms with Gasteiger partial charge in [0.1, 0.15) is 12.2 Å². The number of pyridine rings is 1. The number of aromatic nitrogens is 2. The van der Waals surface area contributed by atoms with Gasteiger partial charge in [-0.1, -0.05) is 31.9 Å². The van der Waals surface area contributed by atoms with Gasteiger partial charge in [-0.3, -0.25) is 9.59 Å². The molecule has 0 bridgehead atoms. The maximum Gasteiger partial charge on any atom is 0.253 e. The van der Waals surface area contributed by atoms with Gasteiger partial charge in [0.25, 0.3) is 5.91 Å². The summed E-state index contributed by atoms with van der Waals surface area (Å²) in [4.78, 5) is 28.4. The standard InChI is InChI=1S/C20H27ClN4O3/c1-12(2)13-4-3-6-20(28,8-13)11-24-19(27)14-9-25(10-16(22)26)18-17(14)15(21)5-7-23-18/h5,7,9,12-13,28H,3-4,6,8,10-11H2,1-2H3,(H2,22,26)(H,24,27)/t13-,20-/m0/s1. The van der Waals surface area contributed by atoms with E-state index in [2.05, 4.69) is 24.1 Å². The number of nitrogens with one attached hydrogen (secondary N) is 1. The molecule has 0 saturated heterocycles. The number of rotatable bonds is 6. The zero-order chi connectivity index (χ0) is 20.5. The monoisotopic (exact) mass is 406 g/mol. The number of hydrogen-bond acceptors (Lipinski definition) is 4. The van der Waals surface area contributed by atoms with Crippen LogP contribution in [0, 0.1) is 11.8 Å². The highest BCUT2D eigenvalue weighted by Gasteiger charge is 2.36. The lowest BCUT2D eigenvalue weighted by Crippen LogP contribution is -2.46. The predicted molar refractivity (Wildman–Crippen MR) is 108 cm³/mol. The van der Waals surface area contributed by atoms with Crippen LogP contribution in [0.2, 0.25) is 5.02 Å². The third-order valence-electron chi connectivity index (χ3n) is 5.66. The van der Waals surface area contributed by atoms with Crippen molar-refractivity contribution in [2.24, 2.45) is 17.6 Å². The van der Waals surface area contributed by atoms with Crippen LogP contribution in [0.4, 0.5) is 0 Å². The van der Waals surface area contributed by atoms with E-state index in [-0.39, 0.29) is 19.0 Å². The number of fused-ring (bicyclic) bond motifs is 1. The zero-order valence-electron chi connectivity index (χ0n) is 16.2. The van der Waals surface area contributed by atoms with Crippen LogP contribution < -0.4 is 11.1 Å². The Labute approximate surface area is 169 Å². The molecule has 28 heavy (non-hydrogen) atoms. The normalized spacial score (nSPS) is 22.5. The lowest BCUT2D eigenvalue weighted by atomic mass is 9.73. The number of carbonyl (C=O) groups is 2. The van der Waals surface area contributed by atoms with Crippen LogP contribution in [0.15, 0.2) is 18.5 Å². The van der Waals surface area contributed by atoms with Gasteiger partial charge in [0.2, 0.25) is 5.91 Å². The van der Waals surface area contributed by atoms with E-state index in [1.165, 1.54) is 17.0 Å². The minimum atomic E-state index is -0.906. The van der Waals surface area contributed by atoms with Crippen LogP contribution in [0.5, 0.6) is 0 Å². The summed E-state index contributed by atoms with van der Waals surface area (Å²) < 4.78 is 1.52. The molecule has 4 N–H and O–H groups in total. The molecule has 8 heteroatoms. The molecule has 0 aromatic carbocycles. The lowest BCUT2D eigenvalue weighted by molar-refractivity contribution is -0.118. The topological polar surface area (TPSA) is 110 Å². The number of nitrogens with two attached hydrogens (primary N) is 1. The van der Waals surface area contributed by atoms with Crippen LogP contribution in [0.25, 0.3) is 11.0 Å². The van der Waals surface area contributed by atoms with Crippen LogP contribution in [-0.2, 0) is 11.3 Å². The number of primary amides is 1. The SMILES string of the molecule is CC(C)[C@H]1CCC[C@@](O)(CNC(=O)c2cn(CC(N)=O)c3nccc(Cl)c23)C1. The molecular formula is C20H27ClN4O3. The van der Waals surface area contributed by atoms with Gasteiger partial charge in [0.15, 0.2) is 0 Å². The summed E-state index contributed by atoms with van der Waals surface area (Å²) in [6, 6.07) is 1.59. The van der Waals surface area contributed by atoms with Gasteiger partial charge in [-0.05, 0) is 37.2 Å². The van der Waals surface area contributed by atoms with Gasteiger partial charge in [-0.15, -0.1) is 0 Å². The maximum absolute atomic E-state index is 12.9. The first-order valence-electron chi connectivity index (χ1n) is 9.62. The number of amides is 2. The minimum Gasteiger partial charge on any atom is -0.388 e. The van der Waals surface area contributed by atoms with Gasteiger partial charge in [0.05, 0.1) is 21.6 Å². The van der Waals surface area contributed by atoms with Crippen molar-refractivity contribution in [3.63, 3.8) is 0 Å². The number of aliphatic hydroxyl groups is 1. The molecule has 1 aliphatic carbocycles. The third kappa shape index (κ3) is 4.31. The molecule has 0 aliphatic heterocycles. The summed E-state index contributed by atoms with van der Waals surface area (Å²) in [5.41, 5.74) is 5.13. The molecule has 1 aliphatic rings. The zero-order valence-corrected chi connectivity index (χ0v) is 17.0. The number of carbonyl (C=O) groups excluding carboxylic acids is 2. The van der Waals surface area contributed by atoms with E-state index in [1.807, 2.05) is 0 Å². The molecule has 1 fully saturated rings. The molecule has 2 aromatic rings. The van der Waals surface area contributed by atoms with Gasteiger partial charge in [-0.25, -0.2) is 4.98 Å². The Hall–Kier alpha value is -2.12. The molecule has 0 radical (unpaired) electrons. The Morgan fingerprint density at radius 1 is 1.50 bits per heavy atom. The summed E-state index contributed by atoms with van der Waals surface area (Å²) in [5.74, 6) is 0.0519. The second-order valence-electron chi connectivity index (χ2n) is 8.14. The fraction of sp³-hybridized carbons (Fsp3) is 0.550. The maximum atomic E-state index is 12.9. The summed E-state index contributed by atoms with van der Waals surface area (Å²) in [7, 11) is 0. The first-order chi connectivity index (χ1) is 13.2. The van der Waals surface area contributed by atoms with Crippen molar-refractivity contribution in [3.8, 4) is 0 Å². The Morgan fingerprint density at radius 2 is 2.25 bits per heavy atom. The molecule has 0 spiro atoms. The van der Waals surface area contributed by atoms with Crippen LogP contribution >= 0.6 is 11.6 Å². The number of nitrogens with zero attached hydrogens (tertiary/aromatic N) is 2. The van der Waals surface area contributed by atoms with Crippen molar-refractivity contribution < 1.29 is 14.7 Å². The van der Waals surface area contributed by atoms with Gasteiger partial charge in [-0.2, -0.15) is 0 Å². The van der Waals surface area contributed by atoms with E-state index < -0.39 is 11.5 Å². The van der Waals surface area contributed by atoms with Gasteiger partial charge >= 0.3 is 0 Å². The Bertz CT molecular complexity index is 895. The van der Waals surface area contributed by atoms with Crippen molar-refractivity contribution in [1.29, 1.82) is 0 Å². The molecule has 2 atom stereocenters. The van der Waals surface area contributed by atoms with Gasteiger partial charge in [0, 0.05) is 18.9 Å². The Morgan fingerprint density at radius 3 is 2.93 bits per heavy atom. The van der Waals surface area contributed by atoms with Crippen molar-refractivity contribution in [2.75, 3.05) is 6.54 Å². The smallest absolute Gasteiger partial charge is 0.253 e. The molecule has 152 valence electrons.